The van der Waals surface area contributed by atoms with Crippen LogP contribution in [0.3, 0.4) is 0 Å². The summed E-state index contributed by atoms with van der Waals surface area (Å²) < 4.78 is 0. The average Bonchev–Trinajstić information content (AvgIpc) is 3.10. The van der Waals surface area contributed by atoms with Crippen LogP contribution >= 0.6 is 0 Å². The topological polar surface area (TPSA) is 46.0 Å². The molecule has 2 aromatic heterocycles. The van der Waals surface area contributed by atoms with Crippen molar-refractivity contribution in [3.63, 3.8) is 0 Å². The van der Waals surface area contributed by atoms with Crippen molar-refractivity contribution in [2.24, 2.45) is 0 Å². The Morgan fingerprint density at radius 1 is 0.529 bits per heavy atom. The van der Waals surface area contributed by atoms with Crippen molar-refractivity contribution in [1.29, 1.82) is 0 Å². The summed E-state index contributed by atoms with van der Waals surface area (Å²) in [6.45, 7) is 20.3. The maximum absolute atomic E-state index is 10.9. The normalized spacial score (nSPS) is 11.9. The van der Waals surface area contributed by atoms with E-state index >= 15 is 0 Å². The fraction of sp³-hybridized carbons (Fsp3) is 0.234. The largest absolute Gasteiger partial charge is 0.507 e. The minimum Gasteiger partial charge on any atom is -0.507 e. The summed E-state index contributed by atoms with van der Waals surface area (Å²) in [5.74, 6) is 3.56. The summed E-state index contributed by atoms with van der Waals surface area (Å²) in [5.41, 5.74) is 16.6. The Morgan fingerprint density at radius 2 is 1.12 bits per heavy atom. The number of phenols is 1. The maximum Gasteiger partial charge on any atom is 0.129 e. The minimum absolute atomic E-state index is 0.0218. The monoisotopic (exact) mass is 684 g/mol. The van der Waals surface area contributed by atoms with E-state index in [0.29, 0.717) is 5.56 Å². The first-order valence-electron chi connectivity index (χ1n) is 17.7. The molecular weight excluding hydrogens is 637 g/mol. The zero-order valence-electron chi connectivity index (χ0n) is 31.4. The van der Waals surface area contributed by atoms with Gasteiger partial charge in [-0.2, -0.15) is 0 Å². The van der Waals surface area contributed by atoms with Gasteiger partial charge in [0, 0.05) is 28.5 Å². The van der Waals surface area contributed by atoms with E-state index < -0.39 is 8.07 Å². The van der Waals surface area contributed by atoms with Crippen molar-refractivity contribution in [3.8, 4) is 73.2 Å². The Morgan fingerprint density at radius 3 is 1.75 bits per heavy atom. The third-order valence-electron chi connectivity index (χ3n) is 9.02. The number of hydrogen-bond donors (Lipinski definition) is 1. The number of benzene rings is 4. The van der Waals surface area contributed by atoms with Crippen LogP contribution in [0.1, 0.15) is 58.2 Å². The molecular formula is C47H48N2OSi. The van der Waals surface area contributed by atoms with Crippen molar-refractivity contribution in [3.05, 3.63) is 138 Å². The van der Waals surface area contributed by atoms with E-state index in [4.69, 9.17) is 9.97 Å². The molecule has 0 unspecified atom stereocenters. The van der Waals surface area contributed by atoms with Crippen LogP contribution in [0.15, 0.2) is 121 Å². The quantitative estimate of drug-likeness (QED) is 0.145. The lowest BCUT2D eigenvalue weighted by molar-refractivity contribution is 0.477. The number of nitrogens with zero attached hydrogens (tertiary/aromatic N) is 2. The van der Waals surface area contributed by atoms with Gasteiger partial charge >= 0.3 is 0 Å². The van der Waals surface area contributed by atoms with E-state index in [2.05, 4.69) is 164 Å². The number of para-hydroxylation sites is 1. The van der Waals surface area contributed by atoms with E-state index in [0.717, 1.165) is 56.0 Å². The highest BCUT2D eigenvalue weighted by atomic mass is 28.3. The van der Waals surface area contributed by atoms with E-state index in [1.807, 2.05) is 24.4 Å². The highest BCUT2D eigenvalue weighted by Crippen LogP contribution is 2.38. The summed E-state index contributed by atoms with van der Waals surface area (Å²) in [4.78, 5) is 9.93. The molecule has 0 amide bonds. The van der Waals surface area contributed by atoms with Gasteiger partial charge in [0.2, 0.25) is 0 Å². The first kappa shape index (κ1) is 35.6. The third kappa shape index (κ3) is 8.56. The molecule has 2 heterocycles. The molecule has 0 aliphatic heterocycles. The smallest absolute Gasteiger partial charge is 0.129 e. The lowest BCUT2D eigenvalue weighted by Gasteiger charge is -2.26. The van der Waals surface area contributed by atoms with E-state index in [9.17, 15) is 5.11 Å². The SMILES string of the molecule is CC(C)(C)c1cc(-c2cc(-c3cccc(-c4cc(-c5ccc(C#C[Si](C)(C)C)cc5)ccn4)c3)nc(-c3ccccc3O)c2)cc(C(C)(C)C)c1. The molecule has 0 saturated carbocycles. The van der Waals surface area contributed by atoms with Crippen molar-refractivity contribution in [2.75, 3.05) is 0 Å². The number of aromatic nitrogens is 2. The summed E-state index contributed by atoms with van der Waals surface area (Å²) in [7, 11) is -1.44. The van der Waals surface area contributed by atoms with Crippen LogP contribution in [-0.2, 0) is 10.8 Å². The van der Waals surface area contributed by atoms with Gasteiger partial charge in [-0.25, -0.2) is 4.98 Å². The predicted molar refractivity (Wildman–Crippen MR) is 219 cm³/mol. The zero-order valence-corrected chi connectivity index (χ0v) is 32.4. The highest BCUT2D eigenvalue weighted by Gasteiger charge is 2.22. The molecule has 0 fully saturated rings. The van der Waals surface area contributed by atoms with Gasteiger partial charge in [0.1, 0.15) is 13.8 Å². The van der Waals surface area contributed by atoms with Crippen molar-refractivity contribution in [2.45, 2.75) is 72.0 Å². The predicted octanol–water partition coefficient (Wildman–Crippen LogP) is 12.3. The standard InChI is InChI=1S/C47H48N2OSi/c1-46(2,3)39-26-37(27-40(31-39)47(4,5)6)38-29-43(49-44(30-38)41-15-10-11-16-45(41)50)36-14-12-13-35(25-36)42-28-34(21-23-48-42)33-19-17-32(18-20-33)22-24-51(7,8)9/h10-21,23,25-31,50H,1-9H3. The van der Waals surface area contributed by atoms with Crippen molar-refractivity contribution in [1.82, 2.24) is 9.97 Å². The molecule has 4 aromatic carbocycles. The fourth-order valence-corrected chi connectivity index (χ4v) is 6.46. The van der Waals surface area contributed by atoms with Crippen LogP contribution in [0.25, 0.3) is 56.0 Å². The molecule has 51 heavy (non-hydrogen) atoms. The van der Waals surface area contributed by atoms with Crippen LogP contribution in [0.4, 0.5) is 0 Å². The van der Waals surface area contributed by atoms with Crippen LogP contribution in [0.5, 0.6) is 5.75 Å². The second-order valence-corrected chi connectivity index (χ2v) is 21.3. The van der Waals surface area contributed by atoms with E-state index in [1.54, 1.807) is 6.07 Å². The van der Waals surface area contributed by atoms with Gasteiger partial charge < -0.3 is 5.11 Å². The molecule has 0 radical (unpaired) electrons. The van der Waals surface area contributed by atoms with Crippen LogP contribution in [0.2, 0.25) is 19.6 Å². The Labute approximate surface area is 305 Å². The van der Waals surface area contributed by atoms with Gasteiger partial charge in [0.05, 0.1) is 17.1 Å². The Bertz CT molecular complexity index is 2240. The van der Waals surface area contributed by atoms with Gasteiger partial charge in [-0.15, -0.1) is 5.54 Å². The first-order valence-corrected chi connectivity index (χ1v) is 21.2. The van der Waals surface area contributed by atoms with Gasteiger partial charge in [-0.05, 0) is 98.8 Å². The lowest BCUT2D eigenvalue weighted by atomic mass is 9.79. The summed E-state index contributed by atoms with van der Waals surface area (Å²) in [6, 6.07) is 39.8. The van der Waals surface area contributed by atoms with Gasteiger partial charge in [-0.3, -0.25) is 4.98 Å². The Balaban J connectivity index is 1.44. The highest BCUT2D eigenvalue weighted by molar-refractivity contribution is 6.83. The Kier molecular flexibility index (Phi) is 9.64. The summed E-state index contributed by atoms with van der Waals surface area (Å²) in [6.07, 6.45) is 1.88. The number of aromatic hydroxyl groups is 1. The van der Waals surface area contributed by atoms with Gasteiger partial charge in [-0.1, -0.05) is 128 Å². The molecule has 0 spiro atoms. The van der Waals surface area contributed by atoms with Crippen LogP contribution < -0.4 is 0 Å². The number of hydrogen-bond acceptors (Lipinski definition) is 3. The number of rotatable bonds is 5. The van der Waals surface area contributed by atoms with E-state index in [-0.39, 0.29) is 16.6 Å². The fourth-order valence-electron chi connectivity index (χ4n) is 5.95. The molecule has 0 aliphatic rings. The molecule has 4 heteroatoms. The van der Waals surface area contributed by atoms with Crippen molar-refractivity contribution >= 4 is 8.07 Å². The van der Waals surface area contributed by atoms with Crippen molar-refractivity contribution < 1.29 is 5.11 Å². The molecule has 0 bridgehead atoms. The summed E-state index contributed by atoms with van der Waals surface area (Å²) in [5, 5.41) is 10.9. The number of pyridine rings is 2. The maximum atomic E-state index is 10.9. The zero-order chi connectivity index (χ0) is 36.6. The second-order valence-electron chi connectivity index (χ2n) is 16.5. The van der Waals surface area contributed by atoms with Gasteiger partial charge in [0.25, 0.3) is 0 Å². The summed E-state index contributed by atoms with van der Waals surface area (Å²) >= 11 is 0. The molecule has 0 aliphatic carbocycles. The van der Waals surface area contributed by atoms with Gasteiger partial charge in [0.15, 0.2) is 0 Å². The first-order chi connectivity index (χ1) is 24.0. The molecule has 6 rings (SSSR count). The number of phenolic OH excluding ortho intramolecular Hbond substituents is 1. The van der Waals surface area contributed by atoms with Crippen LogP contribution in [-0.4, -0.2) is 23.1 Å². The average molecular weight is 685 g/mol. The van der Waals surface area contributed by atoms with E-state index in [1.165, 1.54) is 11.1 Å². The molecule has 3 nitrogen and oxygen atoms in total. The molecule has 6 aromatic rings. The second kappa shape index (κ2) is 13.8. The lowest BCUT2D eigenvalue weighted by Crippen LogP contribution is -2.16. The minimum atomic E-state index is -1.44. The Hall–Kier alpha value is -5.24. The van der Waals surface area contributed by atoms with Crippen LogP contribution in [0, 0.1) is 11.5 Å². The molecule has 0 saturated heterocycles. The molecule has 256 valence electrons. The third-order valence-corrected chi connectivity index (χ3v) is 9.89. The molecule has 0 atom stereocenters. The molecule has 1 N–H and O–H groups in total.